The number of thiophene rings is 1. The van der Waals surface area contributed by atoms with E-state index >= 15 is 0 Å². The first-order valence-corrected chi connectivity index (χ1v) is 12.4. The van der Waals surface area contributed by atoms with Gasteiger partial charge in [0.15, 0.2) is 5.78 Å². The quantitative estimate of drug-likeness (QED) is 0.224. The van der Waals surface area contributed by atoms with E-state index < -0.39 is 18.1 Å². The molecule has 0 aliphatic rings. The Hall–Kier alpha value is -4.04. The van der Waals surface area contributed by atoms with Gasteiger partial charge in [0.05, 0.1) is 15.1 Å². The van der Waals surface area contributed by atoms with E-state index in [1.807, 2.05) is 73.7 Å². The zero-order valence-electron chi connectivity index (χ0n) is 19.8. The Balaban J connectivity index is 1.40. The molecule has 4 rings (SSSR count). The minimum atomic E-state index is -1.03. The molecular formula is C28H26N2O5S. The van der Waals surface area contributed by atoms with Crippen molar-refractivity contribution in [2.24, 2.45) is 0 Å². The molecule has 0 bridgehead atoms. The minimum Gasteiger partial charge on any atom is -0.459 e. The maximum absolute atomic E-state index is 12.9. The Labute approximate surface area is 213 Å². The molecule has 1 atom stereocenters. The van der Waals surface area contributed by atoms with Gasteiger partial charge in [-0.1, -0.05) is 60.7 Å². The second-order valence-electron chi connectivity index (χ2n) is 8.27. The van der Waals surface area contributed by atoms with Crippen molar-refractivity contribution in [3.8, 4) is 0 Å². The van der Waals surface area contributed by atoms with Gasteiger partial charge in [-0.15, -0.1) is 11.3 Å². The Bertz CT molecular complexity index is 1340. The maximum Gasteiger partial charge on any atom is 0.408 e. The molecule has 0 aliphatic heterocycles. The van der Waals surface area contributed by atoms with Gasteiger partial charge >= 0.3 is 12.1 Å². The molecule has 1 N–H and O–H groups in total. The van der Waals surface area contributed by atoms with E-state index in [4.69, 9.17) is 9.47 Å². The Morgan fingerprint density at radius 2 is 1.56 bits per heavy atom. The molecule has 0 spiro atoms. The first-order valence-electron chi connectivity index (χ1n) is 11.6. The molecule has 0 saturated carbocycles. The Morgan fingerprint density at radius 1 is 0.917 bits per heavy atom. The van der Waals surface area contributed by atoms with Crippen molar-refractivity contribution in [1.82, 2.24) is 10.3 Å². The number of pyridine rings is 1. The molecule has 2 aromatic carbocycles. The van der Waals surface area contributed by atoms with Crippen LogP contribution in [0.3, 0.4) is 0 Å². The largest absolute Gasteiger partial charge is 0.459 e. The number of nitrogens with one attached hydrogen (secondary N) is 1. The molecule has 2 heterocycles. The highest BCUT2D eigenvalue weighted by molar-refractivity contribution is 7.21. The fraction of sp³-hybridized carbons (Fsp3) is 0.214. The molecule has 0 aliphatic carbocycles. The van der Waals surface area contributed by atoms with Crippen molar-refractivity contribution >= 4 is 39.4 Å². The van der Waals surface area contributed by atoms with Crippen LogP contribution < -0.4 is 5.32 Å². The number of rotatable bonds is 10. The lowest BCUT2D eigenvalue weighted by atomic mass is 10.1. The number of alkyl carbamates (subject to hydrolysis) is 1. The summed E-state index contributed by atoms with van der Waals surface area (Å²) < 4.78 is 11.7. The summed E-state index contributed by atoms with van der Waals surface area (Å²) in [5.41, 5.74) is 3.46. The summed E-state index contributed by atoms with van der Waals surface area (Å²) in [7, 11) is 0. The fourth-order valence-corrected chi connectivity index (χ4v) is 4.64. The number of esters is 1. The van der Waals surface area contributed by atoms with Crippen LogP contribution in [0.2, 0.25) is 0 Å². The molecule has 184 valence electrons. The third kappa shape index (κ3) is 6.76. The summed E-state index contributed by atoms with van der Waals surface area (Å²) in [5, 5.41) is 2.57. The number of benzene rings is 2. The number of ether oxygens (including phenoxy) is 2. The van der Waals surface area contributed by atoms with Crippen LogP contribution in [0.15, 0.2) is 79.0 Å². The molecule has 0 radical (unpaired) electrons. The summed E-state index contributed by atoms with van der Waals surface area (Å²) in [6.45, 7) is 2.09. The predicted molar refractivity (Wildman–Crippen MR) is 138 cm³/mol. The van der Waals surface area contributed by atoms with Gasteiger partial charge in [0, 0.05) is 12.6 Å². The number of Topliss-reactive ketones (excluding diaryl/α,β-unsaturated/α-hetero) is 1. The topological polar surface area (TPSA) is 94.6 Å². The second-order valence-corrected chi connectivity index (χ2v) is 9.32. The summed E-state index contributed by atoms with van der Waals surface area (Å²) in [6.07, 6.45) is 1.08. The van der Waals surface area contributed by atoms with Crippen LogP contribution in [-0.4, -0.2) is 28.9 Å². The van der Waals surface area contributed by atoms with E-state index in [0.29, 0.717) is 4.88 Å². The number of carbonyl (C=O) groups is 3. The van der Waals surface area contributed by atoms with Crippen LogP contribution in [0.5, 0.6) is 0 Å². The van der Waals surface area contributed by atoms with Gasteiger partial charge < -0.3 is 14.8 Å². The average molecular weight is 503 g/mol. The van der Waals surface area contributed by atoms with Crippen molar-refractivity contribution in [2.45, 2.75) is 39.0 Å². The van der Waals surface area contributed by atoms with Crippen molar-refractivity contribution in [1.29, 1.82) is 0 Å². The van der Waals surface area contributed by atoms with E-state index in [-0.39, 0.29) is 31.8 Å². The van der Waals surface area contributed by atoms with Crippen molar-refractivity contribution in [3.63, 3.8) is 0 Å². The summed E-state index contributed by atoms with van der Waals surface area (Å²) >= 11 is 1.38. The lowest BCUT2D eigenvalue weighted by molar-refractivity contribution is -0.147. The number of aryl methyl sites for hydroxylation is 1. The highest BCUT2D eigenvalue weighted by Gasteiger charge is 2.25. The van der Waals surface area contributed by atoms with Gasteiger partial charge in [-0.3, -0.25) is 9.78 Å². The lowest BCUT2D eigenvalue weighted by Crippen LogP contribution is -2.42. The number of fused-ring (bicyclic) bond motifs is 1. The summed E-state index contributed by atoms with van der Waals surface area (Å²) in [6, 6.07) is 21.1. The molecule has 4 aromatic rings. The number of amides is 1. The number of carbonyl (C=O) groups excluding carboxylic acids is 3. The first kappa shape index (κ1) is 25.1. The molecule has 8 heteroatoms. The lowest BCUT2D eigenvalue weighted by Gasteiger charge is -2.17. The van der Waals surface area contributed by atoms with Crippen LogP contribution >= 0.6 is 11.3 Å². The predicted octanol–water partition coefficient (Wildman–Crippen LogP) is 5.61. The van der Waals surface area contributed by atoms with Gasteiger partial charge in [-0.25, -0.2) is 9.59 Å². The first-order chi connectivity index (χ1) is 17.5. The fourth-order valence-electron chi connectivity index (χ4n) is 3.59. The van der Waals surface area contributed by atoms with Gasteiger partial charge in [0.2, 0.25) is 0 Å². The third-order valence-electron chi connectivity index (χ3n) is 5.56. The number of aromatic nitrogens is 1. The molecule has 36 heavy (non-hydrogen) atoms. The Kier molecular flexibility index (Phi) is 8.41. The van der Waals surface area contributed by atoms with Crippen LogP contribution in [0, 0.1) is 6.92 Å². The highest BCUT2D eigenvalue weighted by Crippen LogP contribution is 2.28. The van der Waals surface area contributed by atoms with E-state index in [1.165, 1.54) is 11.3 Å². The third-order valence-corrected chi connectivity index (χ3v) is 6.86. The standard InChI is InChI=1S/C28H26N2O5S/c1-19-14-15-29-23-16-25(36-26(19)23)24(31)13-12-22(27(32)34-17-20-8-4-2-5-9-20)30-28(33)35-18-21-10-6-3-7-11-21/h2-11,14-16,22H,12-13,17-18H2,1H3,(H,30,33)/t22-/m1/s1. The molecule has 2 aromatic heterocycles. The minimum absolute atomic E-state index is 0.0515. The molecule has 7 nitrogen and oxygen atoms in total. The summed E-state index contributed by atoms with van der Waals surface area (Å²) in [4.78, 5) is 43.1. The normalized spacial score (nSPS) is 11.6. The molecular weight excluding hydrogens is 476 g/mol. The van der Waals surface area contributed by atoms with Crippen LogP contribution in [0.25, 0.3) is 10.2 Å². The van der Waals surface area contributed by atoms with Gasteiger partial charge in [-0.2, -0.15) is 0 Å². The average Bonchev–Trinajstić information content (AvgIpc) is 3.35. The molecule has 1 amide bonds. The van der Waals surface area contributed by atoms with Gasteiger partial charge in [0.1, 0.15) is 19.3 Å². The zero-order valence-corrected chi connectivity index (χ0v) is 20.6. The van der Waals surface area contributed by atoms with Crippen LogP contribution in [0.1, 0.15) is 39.2 Å². The van der Waals surface area contributed by atoms with Crippen molar-refractivity contribution < 1.29 is 23.9 Å². The van der Waals surface area contributed by atoms with Crippen molar-refractivity contribution in [3.05, 3.63) is 101 Å². The SMILES string of the molecule is Cc1ccnc2cc(C(=O)CC[C@@H](NC(=O)OCc3ccccc3)C(=O)OCc3ccccc3)sc12. The Morgan fingerprint density at radius 3 is 2.19 bits per heavy atom. The van der Waals surface area contributed by atoms with Crippen molar-refractivity contribution in [2.75, 3.05) is 0 Å². The molecule has 0 saturated heterocycles. The van der Waals surface area contributed by atoms with E-state index in [1.54, 1.807) is 12.3 Å². The maximum atomic E-state index is 12.9. The van der Waals surface area contributed by atoms with E-state index in [2.05, 4.69) is 10.3 Å². The zero-order chi connectivity index (χ0) is 25.3. The van der Waals surface area contributed by atoms with Gasteiger partial charge in [-0.05, 0) is 42.2 Å². The monoisotopic (exact) mass is 502 g/mol. The molecule has 0 unspecified atom stereocenters. The summed E-state index contributed by atoms with van der Waals surface area (Å²) in [5.74, 6) is -0.755. The number of hydrogen-bond donors (Lipinski definition) is 1. The number of nitrogens with zero attached hydrogens (tertiary/aromatic N) is 1. The van der Waals surface area contributed by atoms with E-state index in [0.717, 1.165) is 26.9 Å². The second kappa shape index (κ2) is 12.1. The van der Waals surface area contributed by atoms with Crippen LogP contribution in [-0.2, 0) is 27.5 Å². The highest BCUT2D eigenvalue weighted by atomic mass is 32.1. The van der Waals surface area contributed by atoms with Gasteiger partial charge in [0.25, 0.3) is 0 Å². The smallest absolute Gasteiger partial charge is 0.408 e. The van der Waals surface area contributed by atoms with E-state index in [9.17, 15) is 14.4 Å². The van der Waals surface area contributed by atoms with Crippen LogP contribution in [0.4, 0.5) is 4.79 Å². The number of ketones is 1. The number of hydrogen-bond acceptors (Lipinski definition) is 7. The molecule has 0 fully saturated rings.